The second-order valence-corrected chi connectivity index (χ2v) is 5.61. The van der Waals surface area contributed by atoms with Crippen LogP contribution in [0.4, 0.5) is 10.1 Å². The molecular weight excluding hydrogens is 305 g/mol. The number of rotatable bonds is 1. The third kappa shape index (κ3) is 4.00. The van der Waals surface area contributed by atoms with Crippen molar-refractivity contribution in [1.82, 2.24) is 10.3 Å². The monoisotopic (exact) mass is 325 g/mol. The topological polar surface area (TPSA) is 48.1 Å². The molecule has 4 nitrogen and oxygen atoms in total. The fraction of sp³-hybridized carbons (Fsp3) is 0.211. The van der Waals surface area contributed by atoms with Crippen molar-refractivity contribution in [2.45, 2.75) is 0 Å². The molecule has 1 aliphatic heterocycles. The Morgan fingerprint density at radius 1 is 0.917 bits per heavy atom. The van der Waals surface area contributed by atoms with Crippen molar-refractivity contribution in [3.05, 3.63) is 76.8 Å². The van der Waals surface area contributed by atoms with Crippen molar-refractivity contribution in [3.63, 3.8) is 0 Å². The molecule has 124 valence electrons. The number of pyridine rings is 1. The summed E-state index contributed by atoms with van der Waals surface area (Å²) < 4.78 is 12.7. The first-order valence-corrected chi connectivity index (χ1v) is 8.02. The van der Waals surface area contributed by atoms with Crippen molar-refractivity contribution in [2.75, 3.05) is 31.1 Å². The van der Waals surface area contributed by atoms with Gasteiger partial charge in [0.05, 0.1) is 0 Å². The first kappa shape index (κ1) is 16.2. The summed E-state index contributed by atoms with van der Waals surface area (Å²) in [6, 6.07) is 18.9. The van der Waals surface area contributed by atoms with Crippen molar-refractivity contribution in [3.8, 4) is 0 Å². The van der Waals surface area contributed by atoms with Crippen LogP contribution in [0.25, 0.3) is 10.9 Å². The number of nitrogens with one attached hydrogen (secondary N) is 2. The van der Waals surface area contributed by atoms with Gasteiger partial charge in [0.2, 0.25) is 0 Å². The Morgan fingerprint density at radius 2 is 1.58 bits per heavy atom. The van der Waals surface area contributed by atoms with Gasteiger partial charge in [-0.05, 0) is 24.3 Å². The molecule has 0 aliphatic carbocycles. The Balaban J connectivity index is 0.000000141. The molecule has 1 aliphatic rings. The number of H-pyrrole nitrogens is 1. The van der Waals surface area contributed by atoms with Gasteiger partial charge in [0, 0.05) is 42.8 Å². The Labute approximate surface area is 139 Å². The lowest BCUT2D eigenvalue weighted by molar-refractivity contribution is 0.589. The second-order valence-electron chi connectivity index (χ2n) is 5.61. The lowest BCUT2D eigenvalue weighted by Gasteiger charge is -2.29. The number of anilines is 1. The summed E-state index contributed by atoms with van der Waals surface area (Å²) in [5, 5.41) is 4.05. The van der Waals surface area contributed by atoms with Crippen LogP contribution >= 0.6 is 0 Å². The van der Waals surface area contributed by atoms with E-state index >= 15 is 0 Å². The molecule has 3 aromatic rings. The van der Waals surface area contributed by atoms with Crippen molar-refractivity contribution in [2.24, 2.45) is 0 Å². The minimum Gasteiger partial charge on any atom is -0.369 e. The van der Waals surface area contributed by atoms with Crippen molar-refractivity contribution in [1.29, 1.82) is 0 Å². The molecule has 0 spiro atoms. The number of hydrogen-bond donors (Lipinski definition) is 2. The number of piperazine rings is 1. The molecule has 0 unspecified atom stereocenters. The van der Waals surface area contributed by atoms with Crippen LogP contribution in [-0.2, 0) is 0 Å². The predicted octanol–water partition coefficient (Wildman–Crippen LogP) is 2.76. The molecule has 1 fully saturated rings. The predicted molar refractivity (Wildman–Crippen MR) is 96.1 cm³/mol. The van der Waals surface area contributed by atoms with Crippen LogP contribution < -0.4 is 15.8 Å². The molecule has 0 radical (unpaired) electrons. The first-order valence-electron chi connectivity index (χ1n) is 8.02. The summed E-state index contributed by atoms with van der Waals surface area (Å²) in [5.74, 6) is -0.742. The van der Waals surface area contributed by atoms with E-state index < -0.39 is 11.4 Å². The Morgan fingerprint density at radius 3 is 2.33 bits per heavy atom. The minimum absolute atomic E-state index is 0.656. The molecule has 2 N–H and O–H groups in total. The van der Waals surface area contributed by atoms with E-state index in [-0.39, 0.29) is 0 Å². The average Bonchev–Trinajstić information content (AvgIpc) is 2.65. The van der Waals surface area contributed by atoms with Gasteiger partial charge in [-0.3, -0.25) is 4.79 Å². The molecule has 2 heterocycles. The van der Waals surface area contributed by atoms with Gasteiger partial charge in [-0.25, -0.2) is 4.39 Å². The maximum atomic E-state index is 12.7. The zero-order chi connectivity index (χ0) is 16.8. The maximum Gasteiger partial charge on any atom is 0.284 e. The van der Waals surface area contributed by atoms with Gasteiger partial charge in [-0.2, -0.15) is 0 Å². The van der Waals surface area contributed by atoms with E-state index in [0.29, 0.717) is 10.9 Å². The van der Waals surface area contributed by atoms with E-state index in [1.54, 1.807) is 24.3 Å². The highest BCUT2D eigenvalue weighted by Crippen LogP contribution is 2.12. The molecule has 1 saturated heterocycles. The number of nitrogens with zero attached hydrogens (tertiary/aromatic N) is 1. The van der Waals surface area contributed by atoms with E-state index in [2.05, 4.69) is 45.5 Å². The molecule has 0 atom stereocenters. The SMILES string of the molecule is O=c1[nH]c2ccccc2cc1F.c1ccc(N2CCNCC2)cc1. The van der Waals surface area contributed by atoms with E-state index in [4.69, 9.17) is 0 Å². The van der Waals surface area contributed by atoms with Crippen LogP contribution in [0.2, 0.25) is 0 Å². The Kier molecular flexibility index (Phi) is 5.23. The highest BCUT2D eigenvalue weighted by molar-refractivity contribution is 5.77. The number of aromatic amines is 1. The van der Waals surface area contributed by atoms with E-state index in [9.17, 15) is 9.18 Å². The van der Waals surface area contributed by atoms with Gasteiger partial charge in [-0.1, -0.05) is 36.4 Å². The first-order chi connectivity index (χ1) is 11.7. The summed E-state index contributed by atoms with van der Waals surface area (Å²) in [6.07, 6.45) is 0. The molecular formula is C19H20FN3O. The molecule has 2 aromatic carbocycles. The number of para-hydroxylation sites is 2. The maximum absolute atomic E-state index is 12.7. The third-order valence-corrected chi connectivity index (χ3v) is 3.95. The molecule has 24 heavy (non-hydrogen) atoms. The summed E-state index contributed by atoms with van der Waals surface area (Å²) in [7, 11) is 0. The largest absolute Gasteiger partial charge is 0.369 e. The van der Waals surface area contributed by atoms with Gasteiger partial charge < -0.3 is 15.2 Å². The van der Waals surface area contributed by atoms with Crippen LogP contribution in [0, 0.1) is 5.82 Å². The Hall–Kier alpha value is -2.66. The summed E-state index contributed by atoms with van der Waals surface area (Å²) in [5.41, 5.74) is 1.33. The second kappa shape index (κ2) is 7.75. The summed E-state index contributed by atoms with van der Waals surface area (Å²) in [4.78, 5) is 15.6. The quantitative estimate of drug-likeness (QED) is 0.723. The van der Waals surface area contributed by atoms with Gasteiger partial charge in [0.25, 0.3) is 5.56 Å². The minimum atomic E-state index is -0.742. The molecule has 0 amide bonds. The fourth-order valence-electron chi connectivity index (χ4n) is 2.68. The number of benzene rings is 2. The number of hydrogen-bond acceptors (Lipinski definition) is 3. The van der Waals surface area contributed by atoms with E-state index in [1.807, 2.05) is 0 Å². The normalized spacial score (nSPS) is 14.1. The van der Waals surface area contributed by atoms with Gasteiger partial charge in [-0.15, -0.1) is 0 Å². The van der Waals surface area contributed by atoms with E-state index in [0.717, 1.165) is 26.2 Å². The summed E-state index contributed by atoms with van der Waals surface area (Å²) >= 11 is 0. The van der Waals surface area contributed by atoms with Crippen molar-refractivity contribution < 1.29 is 4.39 Å². The number of aromatic nitrogens is 1. The summed E-state index contributed by atoms with van der Waals surface area (Å²) in [6.45, 7) is 4.47. The zero-order valence-electron chi connectivity index (χ0n) is 13.3. The highest BCUT2D eigenvalue weighted by atomic mass is 19.1. The van der Waals surface area contributed by atoms with Crippen LogP contribution in [0.15, 0.2) is 65.5 Å². The van der Waals surface area contributed by atoms with E-state index in [1.165, 1.54) is 11.8 Å². The lowest BCUT2D eigenvalue weighted by atomic mass is 10.2. The number of fused-ring (bicyclic) bond motifs is 1. The van der Waals surface area contributed by atoms with Gasteiger partial charge in [0.15, 0.2) is 5.82 Å². The van der Waals surface area contributed by atoms with Crippen LogP contribution in [0.1, 0.15) is 0 Å². The van der Waals surface area contributed by atoms with Crippen LogP contribution in [0.3, 0.4) is 0 Å². The average molecular weight is 325 g/mol. The molecule has 1 aromatic heterocycles. The van der Waals surface area contributed by atoms with Crippen LogP contribution in [-0.4, -0.2) is 31.2 Å². The lowest BCUT2D eigenvalue weighted by Crippen LogP contribution is -2.43. The molecule has 5 heteroatoms. The third-order valence-electron chi connectivity index (χ3n) is 3.95. The zero-order valence-corrected chi connectivity index (χ0v) is 13.3. The highest BCUT2D eigenvalue weighted by Gasteiger charge is 2.08. The molecule has 4 rings (SSSR count). The van der Waals surface area contributed by atoms with Crippen molar-refractivity contribution >= 4 is 16.6 Å². The Bertz CT molecular complexity index is 842. The number of halogens is 1. The molecule has 0 bridgehead atoms. The standard InChI is InChI=1S/C10H14N2.C9H6FNO/c1-2-4-10(5-3-1)12-8-6-11-7-9-12;10-7-5-6-3-1-2-4-8(6)11-9(7)12/h1-5,11H,6-9H2;1-5H,(H,11,12). The van der Waals surface area contributed by atoms with Crippen LogP contribution in [0.5, 0.6) is 0 Å². The smallest absolute Gasteiger partial charge is 0.284 e. The van der Waals surface area contributed by atoms with Gasteiger partial charge >= 0.3 is 0 Å². The fourth-order valence-corrected chi connectivity index (χ4v) is 2.68. The van der Waals surface area contributed by atoms with Gasteiger partial charge in [0.1, 0.15) is 0 Å². The molecule has 0 saturated carbocycles.